The molecule has 0 saturated heterocycles. The third kappa shape index (κ3) is 3.54. The zero-order valence-electron chi connectivity index (χ0n) is 10.7. The third-order valence-electron chi connectivity index (χ3n) is 2.99. The molecule has 0 aliphatic heterocycles. The Hall–Kier alpha value is -1.40. The summed E-state index contributed by atoms with van der Waals surface area (Å²) >= 11 is 0. The van der Waals surface area contributed by atoms with Gasteiger partial charge >= 0.3 is 0 Å². The van der Waals surface area contributed by atoms with Crippen molar-refractivity contribution in [1.82, 2.24) is 15.5 Å². The number of nitrogens with two attached hydrogens (primary N) is 1. The molecule has 1 heterocycles. The Morgan fingerprint density at radius 3 is 2.76 bits per heavy atom. The second kappa shape index (κ2) is 5.79. The van der Waals surface area contributed by atoms with E-state index >= 15 is 0 Å². The molecular weight excluding hydrogens is 220 g/mol. The highest BCUT2D eigenvalue weighted by molar-refractivity contribution is 5.91. The summed E-state index contributed by atoms with van der Waals surface area (Å²) in [6.07, 6.45) is 0. The fraction of sp³-hybridized carbons (Fsp3) is 0.636. The molecule has 3 N–H and O–H groups in total. The fourth-order valence-electron chi connectivity index (χ4n) is 1.47. The van der Waals surface area contributed by atoms with Crippen LogP contribution in [-0.4, -0.2) is 29.1 Å². The van der Waals surface area contributed by atoms with E-state index in [0.29, 0.717) is 24.3 Å². The first-order valence-corrected chi connectivity index (χ1v) is 5.62. The van der Waals surface area contributed by atoms with Gasteiger partial charge in [0.2, 0.25) is 0 Å². The van der Waals surface area contributed by atoms with Gasteiger partial charge in [0.1, 0.15) is 0 Å². The van der Waals surface area contributed by atoms with E-state index in [1.807, 2.05) is 12.5 Å². The molecule has 1 amide bonds. The molecule has 0 fully saturated rings. The van der Waals surface area contributed by atoms with Crippen LogP contribution in [0, 0.1) is 5.92 Å². The molecule has 1 aromatic rings. The lowest BCUT2D eigenvalue weighted by Gasteiger charge is -2.26. The summed E-state index contributed by atoms with van der Waals surface area (Å²) in [5, 5.41) is 3.65. The summed E-state index contributed by atoms with van der Waals surface area (Å²) < 4.78 is 5.08. The monoisotopic (exact) mass is 240 g/mol. The molecule has 0 aromatic carbocycles. The summed E-state index contributed by atoms with van der Waals surface area (Å²) in [7, 11) is 2.01. The third-order valence-corrected chi connectivity index (χ3v) is 2.99. The van der Waals surface area contributed by atoms with Crippen molar-refractivity contribution in [2.24, 2.45) is 11.8 Å². The van der Waals surface area contributed by atoms with Crippen LogP contribution in [0.25, 0.3) is 0 Å². The normalized spacial score (nSPS) is 13.1. The maximum atomic E-state index is 11.2. The Balaban J connectivity index is 2.63. The van der Waals surface area contributed by atoms with E-state index in [2.05, 4.69) is 30.8 Å². The quantitative estimate of drug-likeness (QED) is 0.451. The van der Waals surface area contributed by atoms with Crippen LogP contribution in [-0.2, 0) is 6.54 Å². The SMILES string of the molecule is CC(C)C(C)N(C)Cc1cc(C(=O)NN)no1. The van der Waals surface area contributed by atoms with Gasteiger partial charge < -0.3 is 4.52 Å². The van der Waals surface area contributed by atoms with Gasteiger partial charge in [0, 0.05) is 12.1 Å². The summed E-state index contributed by atoms with van der Waals surface area (Å²) in [4.78, 5) is 13.3. The van der Waals surface area contributed by atoms with Gasteiger partial charge in [0.15, 0.2) is 11.5 Å². The van der Waals surface area contributed by atoms with E-state index in [0.717, 1.165) is 0 Å². The Morgan fingerprint density at radius 2 is 2.24 bits per heavy atom. The second-order valence-corrected chi connectivity index (χ2v) is 4.55. The van der Waals surface area contributed by atoms with E-state index in [1.54, 1.807) is 6.07 Å². The fourth-order valence-corrected chi connectivity index (χ4v) is 1.47. The predicted molar refractivity (Wildman–Crippen MR) is 63.9 cm³/mol. The first-order chi connectivity index (χ1) is 7.95. The van der Waals surface area contributed by atoms with Crippen LogP contribution in [0.15, 0.2) is 10.6 Å². The van der Waals surface area contributed by atoms with Gasteiger partial charge in [-0.15, -0.1) is 0 Å². The van der Waals surface area contributed by atoms with Gasteiger partial charge in [-0.2, -0.15) is 0 Å². The Kier molecular flexibility index (Phi) is 4.65. The lowest BCUT2D eigenvalue weighted by atomic mass is 10.1. The number of carbonyl (C=O) groups excluding carboxylic acids is 1. The highest BCUT2D eigenvalue weighted by Crippen LogP contribution is 2.13. The van der Waals surface area contributed by atoms with Crippen molar-refractivity contribution in [3.05, 3.63) is 17.5 Å². The van der Waals surface area contributed by atoms with Crippen LogP contribution < -0.4 is 11.3 Å². The number of rotatable bonds is 5. The van der Waals surface area contributed by atoms with Gasteiger partial charge in [0.25, 0.3) is 5.91 Å². The topological polar surface area (TPSA) is 84.4 Å². The zero-order valence-corrected chi connectivity index (χ0v) is 10.7. The van der Waals surface area contributed by atoms with E-state index in [9.17, 15) is 4.79 Å². The Bertz CT molecular complexity index is 375. The molecular formula is C11H20N4O2. The van der Waals surface area contributed by atoms with Crippen molar-refractivity contribution in [2.75, 3.05) is 7.05 Å². The summed E-state index contributed by atoms with van der Waals surface area (Å²) in [5.74, 6) is 5.77. The molecule has 0 spiro atoms. The molecule has 0 aliphatic carbocycles. The van der Waals surface area contributed by atoms with Crippen LogP contribution >= 0.6 is 0 Å². The van der Waals surface area contributed by atoms with Gasteiger partial charge in [-0.3, -0.25) is 15.1 Å². The molecule has 6 heteroatoms. The van der Waals surface area contributed by atoms with Crippen molar-refractivity contribution < 1.29 is 9.32 Å². The van der Waals surface area contributed by atoms with Crippen LogP contribution in [0.3, 0.4) is 0 Å². The average Bonchev–Trinajstić information content (AvgIpc) is 2.75. The number of amides is 1. The Labute approximate surface area is 101 Å². The molecule has 0 bridgehead atoms. The molecule has 1 unspecified atom stereocenters. The van der Waals surface area contributed by atoms with E-state index in [-0.39, 0.29) is 5.69 Å². The second-order valence-electron chi connectivity index (χ2n) is 4.55. The number of nitrogens with one attached hydrogen (secondary N) is 1. The van der Waals surface area contributed by atoms with Crippen LogP contribution in [0.4, 0.5) is 0 Å². The van der Waals surface area contributed by atoms with Crippen molar-refractivity contribution in [2.45, 2.75) is 33.4 Å². The average molecular weight is 240 g/mol. The maximum Gasteiger partial charge on any atom is 0.287 e. The lowest BCUT2D eigenvalue weighted by molar-refractivity contribution is 0.0944. The van der Waals surface area contributed by atoms with Gasteiger partial charge in [-0.1, -0.05) is 19.0 Å². The molecule has 0 saturated carbocycles. The smallest absolute Gasteiger partial charge is 0.287 e. The molecule has 1 atom stereocenters. The number of nitrogens with zero attached hydrogens (tertiary/aromatic N) is 2. The summed E-state index contributed by atoms with van der Waals surface area (Å²) in [5.41, 5.74) is 2.22. The van der Waals surface area contributed by atoms with Gasteiger partial charge in [0.05, 0.1) is 6.54 Å². The minimum atomic E-state index is -0.445. The number of aromatic nitrogens is 1. The molecule has 0 aliphatic rings. The first-order valence-electron chi connectivity index (χ1n) is 5.62. The van der Waals surface area contributed by atoms with Gasteiger partial charge in [-0.05, 0) is 19.9 Å². The minimum absolute atomic E-state index is 0.202. The maximum absolute atomic E-state index is 11.2. The highest BCUT2D eigenvalue weighted by Gasteiger charge is 2.17. The molecule has 1 rings (SSSR count). The van der Waals surface area contributed by atoms with E-state index in [1.165, 1.54) is 0 Å². The largest absolute Gasteiger partial charge is 0.359 e. The molecule has 96 valence electrons. The first kappa shape index (κ1) is 13.7. The summed E-state index contributed by atoms with van der Waals surface area (Å²) in [6, 6.07) is 2.03. The number of nitrogen functional groups attached to an aromatic ring is 1. The van der Waals surface area contributed by atoms with Crippen molar-refractivity contribution in [1.29, 1.82) is 0 Å². The summed E-state index contributed by atoms with van der Waals surface area (Å²) in [6.45, 7) is 7.09. The van der Waals surface area contributed by atoms with Gasteiger partial charge in [-0.25, -0.2) is 5.84 Å². The van der Waals surface area contributed by atoms with Crippen molar-refractivity contribution in [3.8, 4) is 0 Å². The molecule has 17 heavy (non-hydrogen) atoms. The minimum Gasteiger partial charge on any atom is -0.359 e. The molecule has 1 aromatic heterocycles. The molecule has 0 radical (unpaired) electrons. The number of carbonyl (C=O) groups is 1. The lowest BCUT2D eigenvalue weighted by Crippen LogP contribution is -2.32. The number of hydrogen-bond donors (Lipinski definition) is 2. The highest BCUT2D eigenvalue weighted by atomic mass is 16.5. The zero-order chi connectivity index (χ0) is 13.0. The number of hydrazine groups is 1. The van der Waals surface area contributed by atoms with Crippen molar-refractivity contribution in [3.63, 3.8) is 0 Å². The van der Waals surface area contributed by atoms with Crippen molar-refractivity contribution >= 4 is 5.91 Å². The predicted octanol–water partition coefficient (Wildman–Crippen LogP) is 0.754. The van der Waals surface area contributed by atoms with Crippen LogP contribution in [0.5, 0.6) is 0 Å². The van der Waals surface area contributed by atoms with E-state index in [4.69, 9.17) is 10.4 Å². The van der Waals surface area contributed by atoms with E-state index < -0.39 is 5.91 Å². The van der Waals surface area contributed by atoms with Crippen LogP contribution in [0.2, 0.25) is 0 Å². The standard InChI is InChI=1S/C11H20N4O2/c1-7(2)8(3)15(4)6-9-5-10(14-17-9)11(16)13-12/h5,7-8H,6,12H2,1-4H3,(H,13,16). The Morgan fingerprint density at radius 1 is 1.59 bits per heavy atom. The molecule has 6 nitrogen and oxygen atoms in total. The van der Waals surface area contributed by atoms with Crippen LogP contribution in [0.1, 0.15) is 37.0 Å². The number of hydrogen-bond acceptors (Lipinski definition) is 5.